The van der Waals surface area contributed by atoms with Crippen molar-refractivity contribution in [3.05, 3.63) is 23.9 Å². The highest BCUT2D eigenvalue weighted by Crippen LogP contribution is 2.06. The molecule has 0 aliphatic carbocycles. The van der Waals surface area contributed by atoms with E-state index in [0.717, 1.165) is 5.56 Å². The third kappa shape index (κ3) is 5.75. The molecule has 1 aromatic heterocycles. The van der Waals surface area contributed by atoms with E-state index in [0.29, 0.717) is 18.7 Å². The minimum Gasteiger partial charge on any atom is -0.480 e. The summed E-state index contributed by atoms with van der Waals surface area (Å²) in [7, 11) is 0. The number of anilines is 1. The van der Waals surface area contributed by atoms with Crippen molar-refractivity contribution in [1.82, 2.24) is 4.98 Å². The highest BCUT2D eigenvalue weighted by atomic mass is 35.5. The number of pyridine rings is 1. The van der Waals surface area contributed by atoms with Gasteiger partial charge in [-0.1, -0.05) is 0 Å². The van der Waals surface area contributed by atoms with Crippen LogP contribution in [-0.2, 0) is 11.2 Å². The Balaban J connectivity index is 0. The Morgan fingerprint density at radius 3 is 2.62 bits per heavy atom. The van der Waals surface area contributed by atoms with Gasteiger partial charge in [-0.05, 0) is 30.5 Å². The third-order valence-electron chi connectivity index (χ3n) is 1.91. The van der Waals surface area contributed by atoms with Crippen LogP contribution in [0.1, 0.15) is 12.0 Å². The van der Waals surface area contributed by atoms with Gasteiger partial charge >= 0.3 is 5.97 Å². The normalized spacial score (nSPS) is 10.8. The lowest BCUT2D eigenvalue weighted by molar-refractivity contribution is -0.138. The van der Waals surface area contributed by atoms with Crippen LogP contribution in [0.4, 0.5) is 5.82 Å². The minimum absolute atomic E-state index is 0. The number of hydrogen-bond donors (Lipinski definition) is 3. The number of aryl methyl sites for hydroxylation is 1. The highest BCUT2D eigenvalue weighted by molar-refractivity contribution is 5.85. The van der Waals surface area contributed by atoms with Crippen LogP contribution in [0.2, 0.25) is 0 Å². The van der Waals surface area contributed by atoms with Gasteiger partial charge < -0.3 is 16.6 Å². The lowest BCUT2D eigenvalue weighted by Crippen LogP contribution is -2.30. The first-order valence-electron chi connectivity index (χ1n) is 4.28. The van der Waals surface area contributed by atoms with Crippen LogP contribution in [0, 0.1) is 0 Å². The van der Waals surface area contributed by atoms with Gasteiger partial charge in [0.2, 0.25) is 0 Å². The Labute approximate surface area is 106 Å². The fraction of sp³-hybridized carbons (Fsp3) is 0.333. The maximum atomic E-state index is 10.4. The number of nitrogens with zero attached hydrogens (tertiary/aromatic N) is 1. The molecule has 0 aliphatic heterocycles. The highest BCUT2D eigenvalue weighted by Gasteiger charge is 2.10. The van der Waals surface area contributed by atoms with E-state index >= 15 is 0 Å². The van der Waals surface area contributed by atoms with Gasteiger partial charge in [0.25, 0.3) is 0 Å². The van der Waals surface area contributed by atoms with E-state index in [9.17, 15) is 4.79 Å². The molecular formula is C9H15Cl2N3O2. The number of hydrogen-bond acceptors (Lipinski definition) is 4. The maximum Gasteiger partial charge on any atom is 0.320 e. The molecule has 0 spiro atoms. The molecular weight excluding hydrogens is 253 g/mol. The summed E-state index contributed by atoms with van der Waals surface area (Å²) >= 11 is 0. The number of carbonyl (C=O) groups is 1. The van der Waals surface area contributed by atoms with Crippen molar-refractivity contribution in [3.63, 3.8) is 0 Å². The second-order valence-electron chi connectivity index (χ2n) is 3.07. The van der Waals surface area contributed by atoms with E-state index in [-0.39, 0.29) is 24.8 Å². The largest absolute Gasteiger partial charge is 0.480 e. The number of carboxylic acid groups (broad SMARTS) is 1. The predicted octanol–water partition coefficient (Wildman–Crippen LogP) is 0.852. The Kier molecular flexibility index (Phi) is 8.84. The molecule has 1 aromatic rings. The van der Waals surface area contributed by atoms with Crippen LogP contribution in [0.3, 0.4) is 0 Å². The number of nitrogen functional groups attached to an aromatic ring is 1. The smallest absolute Gasteiger partial charge is 0.320 e. The molecule has 7 heteroatoms. The summed E-state index contributed by atoms with van der Waals surface area (Å²) in [5.41, 5.74) is 11.8. The van der Waals surface area contributed by atoms with E-state index in [1.54, 1.807) is 18.3 Å². The van der Waals surface area contributed by atoms with Gasteiger partial charge in [-0.15, -0.1) is 24.8 Å². The average molecular weight is 268 g/mol. The minimum atomic E-state index is -0.980. The zero-order valence-electron chi connectivity index (χ0n) is 8.50. The first-order chi connectivity index (χ1) is 6.59. The molecule has 16 heavy (non-hydrogen) atoms. The molecule has 0 radical (unpaired) electrons. The van der Waals surface area contributed by atoms with Gasteiger partial charge in [0, 0.05) is 6.20 Å². The van der Waals surface area contributed by atoms with Crippen LogP contribution >= 0.6 is 24.8 Å². The van der Waals surface area contributed by atoms with Gasteiger partial charge in [-0.3, -0.25) is 4.79 Å². The second kappa shape index (κ2) is 8.15. The zero-order valence-corrected chi connectivity index (χ0v) is 10.1. The molecule has 1 rings (SSSR count). The van der Waals surface area contributed by atoms with E-state index in [4.69, 9.17) is 16.6 Å². The fourth-order valence-corrected chi connectivity index (χ4v) is 1.10. The molecule has 5 N–H and O–H groups in total. The molecule has 0 bridgehead atoms. The number of carboxylic acids is 1. The van der Waals surface area contributed by atoms with E-state index < -0.39 is 12.0 Å². The number of nitrogens with two attached hydrogens (primary N) is 2. The second-order valence-corrected chi connectivity index (χ2v) is 3.07. The summed E-state index contributed by atoms with van der Waals surface area (Å²) in [5, 5.41) is 8.55. The molecule has 0 fully saturated rings. The lowest BCUT2D eigenvalue weighted by Gasteiger charge is -2.05. The molecule has 5 nitrogen and oxygen atoms in total. The quantitative estimate of drug-likeness (QED) is 0.751. The molecule has 0 aliphatic rings. The molecule has 1 heterocycles. The Morgan fingerprint density at radius 2 is 2.12 bits per heavy atom. The molecule has 0 saturated carbocycles. The summed E-state index contributed by atoms with van der Waals surface area (Å²) < 4.78 is 0. The number of rotatable bonds is 4. The third-order valence-corrected chi connectivity index (χ3v) is 1.91. The van der Waals surface area contributed by atoms with Crippen LogP contribution in [0.25, 0.3) is 0 Å². The number of halogens is 2. The Morgan fingerprint density at radius 1 is 1.50 bits per heavy atom. The zero-order chi connectivity index (χ0) is 10.6. The van der Waals surface area contributed by atoms with E-state index in [1.165, 1.54) is 0 Å². The summed E-state index contributed by atoms with van der Waals surface area (Å²) in [6.07, 6.45) is 2.59. The van der Waals surface area contributed by atoms with Gasteiger partial charge in [-0.25, -0.2) is 4.98 Å². The van der Waals surface area contributed by atoms with E-state index in [1.807, 2.05) is 0 Å². The number of aliphatic carboxylic acids is 1. The van der Waals surface area contributed by atoms with Crippen molar-refractivity contribution in [1.29, 1.82) is 0 Å². The molecule has 1 atom stereocenters. The van der Waals surface area contributed by atoms with Crippen molar-refractivity contribution in [3.8, 4) is 0 Å². The topological polar surface area (TPSA) is 102 Å². The summed E-state index contributed by atoms with van der Waals surface area (Å²) in [4.78, 5) is 14.3. The monoisotopic (exact) mass is 267 g/mol. The predicted molar refractivity (Wildman–Crippen MR) is 67.1 cm³/mol. The van der Waals surface area contributed by atoms with Crippen molar-refractivity contribution in [2.24, 2.45) is 5.73 Å². The fourth-order valence-electron chi connectivity index (χ4n) is 1.10. The molecule has 0 amide bonds. The first-order valence-corrected chi connectivity index (χ1v) is 4.28. The molecule has 0 aromatic carbocycles. The van der Waals surface area contributed by atoms with Gasteiger partial charge in [0.1, 0.15) is 11.9 Å². The SMILES string of the molecule is Cl.Cl.Nc1cc(CC[C@H](N)C(=O)O)ccn1. The van der Waals surface area contributed by atoms with Crippen LogP contribution in [-0.4, -0.2) is 22.1 Å². The van der Waals surface area contributed by atoms with Crippen molar-refractivity contribution in [2.45, 2.75) is 18.9 Å². The first kappa shape index (κ1) is 17.4. The molecule has 0 saturated heterocycles. The number of aromatic nitrogens is 1. The summed E-state index contributed by atoms with van der Waals surface area (Å²) in [6.45, 7) is 0. The van der Waals surface area contributed by atoms with Crippen molar-refractivity contribution < 1.29 is 9.90 Å². The lowest BCUT2D eigenvalue weighted by atomic mass is 10.1. The van der Waals surface area contributed by atoms with Crippen LogP contribution in [0.15, 0.2) is 18.3 Å². The van der Waals surface area contributed by atoms with E-state index in [2.05, 4.69) is 4.98 Å². The average Bonchev–Trinajstić information content (AvgIpc) is 2.14. The maximum absolute atomic E-state index is 10.4. The van der Waals surface area contributed by atoms with Crippen molar-refractivity contribution in [2.75, 3.05) is 5.73 Å². The van der Waals surface area contributed by atoms with Crippen LogP contribution in [0.5, 0.6) is 0 Å². The Bertz CT molecular complexity index is 336. The molecule has 92 valence electrons. The van der Waals surface area contributed by atoms with Crippen molar-refractivity contribution >= 4 is 36.6 Å². The summed E-state index contributed by atoms with van der Waals surface area (Å²) in [6, 6.07) is 2.70. The standard InChI is InChI=1S/C9H13N3O2.2ClH/c10-7(9(13)14)2-1-6-3-4-12-8(11)5-6;;/h3-5,7H,1-2,10H2,(H2,11,12)(H,13,14);2*1H/t7-;;/m0../s1. The molecule has 0 unspecified atom stereocenters. The van der Waals surface area contributed by atoms with Gasteiger partial charge in [-0.2, -0.15) is 0 Å². The van der Waals surface area contributed by atoms with Gasteiger partial charge in [0.05, 0.1) is 0 Å². The Hall–Kier alpha value is -1.04. The summed E-state index contributed by atoms with van der Waals surface area (Å²) in [5.74, 6) is -0.543. The van der Waals surface area contributed by atoms with Crippen LogP contribution < -0.4 is 11.5 Å². The van der Waals surface area contributed by atoms with Gasteiger partial charge in [0.15, 0.2) is 0 Å².